The molecule has 0 spiro atoms. The smallest absolute Gasteiger partial charge is 0.122 e. The Labute approximate surface area is 63.1 Å². The largest absolute Gasteiger partial charge is 0.294 e. The fraction of sp³-hybridized carbons (Fsp3) is 0.286. The minimum absolute atomic E-state index is 1.08. The van der Waals surface area contributed by atoms with E-state index in [1.165, 1.54) is 4.83 Å². The normalized spacial score (nSPS) is 11.0. The van der Waals surface area contributed by atoms with Crippen molar-refractivity contribution in [3.8, 4) is 0 Å². The molecule has 0 aliphatic rings. The van der Waals surface area contributed by atoms with Crippen molar-refractivity contribution in [3.05, 3.63) is 23.1 Å². The van der Waals surface area contributed by atoms with E-state index in [0.717, 1.165) is 11.5 Å². The summed E-state index contributed by atoms with van der Waals surface area (Å²) in [7, 11) is 0. The lowest BCUT2D eigenvalue weighted by Crippen LogP contribution is -1.79. The lowest BCUT2D eigenvalue weighted by Gasteiger charge is -1.82. The van der Waals surface area contributed by atoms with E-state index < -0.39 is 0 Å². The quantitative estimate of drug-likeness (QED) is 0.564. The number of thiazole rings is 1. The van der Waals surface area contributed by atoms with Crippen molar-refractivity contribution >= 4 is 16.2 Å². The van der Waals surface area contributed by atoms with E-state index in [1.54, 1.807) is 11.3 Å². The summed E-state index contributed by atoms with van der Waals surface area (Å²) in [4.78, 5) is 5.59. The molecular formula is C7H8N2S. The van der Waals surface area contributed by atoms with Gasteiger partial charge in [0.2, 0.25) is 0 Å². The highest BCUT2D eigenvalue weighted by Gasteiger charge is 2.02. The second kappa shape index (κ2) is 1.83. The van der Waals surface area contributed by atoms with Crippen molar-refractivity contribution in [1.82, 2.24) is 9.38 Å². The molecule has 0 radical (unpaired) electrons. The molecule has 0 amide bonds. The molecule has 2 heterocycles. The number of aryl methyl sites for hydroxylation is 2. The van der Waals surface area contributed by atoms with Crippen LogP contribution in [0.2, 0.25) is 0 Å². The maximum Gasteiger partial charge on any atom is 0.122 e. The highest BCUT2D eigenvalue weighted by Crippen LogP contribution is 2.16. The van der Waals surface area contributed by atoms with Gasteiger partial charge >= 0.3 is 0 Å². The topological polar surface area (TPSA) is 17.3 Å². The van der Waals surface area contributed by atoms with Crippen LogP contribution in [0.5, 0.6) is 0 Å². The van der Waals surface area contributed by atoms with Crippen molar-refractivity contribution in [2.24, 2.45) is 0 Å². The molecule has 0 aliphatic carbocycles. The summed E-state index contributed by atoms with van der Waals surface area (Å²) < 4.78 is 2.11. The van der Waals surface area contributed by atoms with Gasteiger partial charge in [-0.25, -0.2) is 4.98 Å². The molecule has 3 heteroatoms. The number of fused-ring (bicyclic) bond motifs is 1. The molecule has 0 fully saturated rings. The van der Waals surface area contributed by atoms with Gasteiger partial charge in [-0.3, -0.25) is 4.40 Å². The molecule has 2 nitrogen and oxygen atoms in total. The van der Waals surface area contributed by atoms with Crippen LogP contribution in [0.15, 0.2) is 11.6 Å². The fourth-order valence-corrected chi connectivity index (χ4v) is 1.97. The molecule has 0 unspecified atom stereocenters. The van der Waals surface area contributed by atoms with E-state index in [9.17, 15) is 0 Å². The van der Waals surface area contributed by atoms with E-state index in [4.69, 9.17) is 0 Å². The van der Waals surface area contributed by atoms with Crippen LogP contribution in [0.1, 0.15) is 11.5 Å². The van der Waals surface area contributed by atoms with E-state index in [-0.39, 0.29) is 0 Å². The van der Waals surface area contributed by atoms with E-state index in [1.807, 2.05) is 13.8 Å². The number of nitrogens with zero attached hydrogens (tertiary/aromatic N) is 2. The molecule has 52 valence electrons. The summed E-state index contributed by atoms with van der Waals surface area (Å²) in [6.07, 6.45) is 2.05. The Morgan fingerprint density at radius 1 is 1.50 bits per heavy atom. The molecule has 0 N–H and O–H groups in total. The second-order valence-corrected chi connectivity index (χ2v) is 3.22. The fourth-order valence-electron chi connectivity index (χ4n) is 1.14. The van der Waals surface area contributed by atoms with Gasteiger partial charge in [0.15, 0.2) is 0 Å². The lowest BCUT2D eigenvalue weighted by atomic mass is 10.6. The van der Waals surface area contributed by atoms with Gasteiger partial charge in [0.1, 0.15) is 10.7 Å². The Hall–Kier alpha value is -0.830. The molecule has 2 aromatic rings. The van der Waals surface area contributed by atoms with Crippen LogP contribution < -0.4 is 0 Å². The lowest BCUT2D eigenvalue weighted by molar-refractivity contribution is 1.05. The van der Waals surface area contributed by atoms with Gasteiger partial charge in [-0.1, -0.05) is 0 Å². The first kappa shape index (κ1) is 5.92. The number of hydrogen-bond donors (Lipinski definition) is 0. The van der Waals surface area contributed by atoms with Gasteiger partial charge in [-0.2, -0.15) is 0 Å². The monoisotopic (exact) mass is 152 g/mol. The van der Waals surface area contributed by atoms with Crippen molar-refractivity contribution < 1.29 is 0 Å². The summed E-state index contributed by atoms with van der Waals surface area (Å²) in [5, 5.41) is 2.08. The molecule has 2 rings (SSSR count). The Kier molecular flexibility index (Phi) is 1.08. The number of hydrogen-bond acceptors (Lipinski definition) is 2. The van der Waals surface area contributed by atoms with Crippen LogP contribution in [0.4, 0.5) is 0 Å². The van der Waals surface area contributed by atoms with E-state index in [0.29, 0.717) is 0 Å². The zero-order chi connectivity index (χ0) is 7.14. The number of rotatable bonds is 0. The van der Waals surface area contributed by atoms with E-state index >= 15 is 0 Å². The first-order chi connectivity index (χ1) is 4.79. The summed E-state index contributed by atoms with van der Waals surface area (Å²) in [5.41, 5.74) is 1.13. The summed E-state index contributed by atoms with van der Waals surface area (Å²) in [6, 6.07) is 0. The highest BCUT2D eigenvalue weighted by atomic mass is 32.1. The molecule has 0 saturated carbocycles. The van der Waals surface area contributed by atoms with Gasteiger partial charge in [0.05, 0.1) is 5.69 Å². The summed E-state index contributed by atoms with van der Waals surface area (Å²) >= 11 is 1.74. The van der Waals surface area contributed by atoms with E-state index in [2.05, 4.69) is 21.0 Å². The van der Waals surface area contributed by atoms with Crippen molar-refractivity contribution in [2.75, 3.05) is 0 Å². The minimum atomic E-state index is 1.08. The highest BCUT2D eigenvalue weighted by molar-refractivity contribution is 7.15. The maximum atomic E-state index is 4.32. The molecule has 0 bridgehead atoms. The van der Waals surface area contributed by atoms with Gasteiger partial charge in [0, 0.05) is 11.6 Å². The van der Waals surface area contributed by atoms with Crippen molar-refractivity contribution in [3.63, 3.8) is 0 Å². The SMILES string of the molecule is Cc1nc(C)n2ccsc12. The predicted octanol–water partition coefficient (Wildman–Crippen LogP) is 2.01. The Bertz CT molecular complexity index is 327. The summed E-state index contributed by atoms with van der Waals surface area (Å²) in [5.74, 6) is 1.08. The van der Waals surface area contributed by atoms with Crippen LogP contribution in [0.3, 0.4) is 0 Å². The first-order valence-electron chi connectivity index (χ1n) is 3.18. The Morgan fingerprint density at radius 3 is 3.00 bits per heavy atom. The molecule has 0 saturated heterocycles. The van der Waals surface area contributed by atoms with Gasteiger partial charge in [0.25, 0.3) is 0 Å². The zero-order valence-corrected chi connectivity index (χ0v) is 6.77. The van der Waals surface area contributed by atoms with Crippen LogP contribution in [-0.2, 0) is 0 Å². The maximum absolute atomic E-state index is 4.32. The van der Waals surface area contributed by atoms with Crippen molar-refractivity contribution in [2.45, 2.75) is 13.8 Å². The van der Waals surface area contributed by atoms with Gasteiger partial charge in [-0.15, -0.1) is 11.3 Å². The third-order valence-corrected chi connectivity index (χ3v) is 2.57. The molecule has 0 aromatic carbocycles. The van der Waals surface area contributed by atoms with Gasteiger partial charge in [-0.05, 0) is 13.8 Å². The number of aromatic nitrogens is 2. The Morgan fingerprint density at radius 2 is 2.30 bits per heavy atom. The molecule has 0 aliphatic heterocycles. The molecular weight excluding hydrogens is 144 g/mol. The van der Waals surface area contributed by atoms with Crippen LogP contribution in [-0.4, -0.2) is 9.38 Å². The molecule has 10 heavy (non-hydrogen) atoms. The number of imidazole rings is 1. The predicted molar refractivity (Wildman–Crippen MR) is 42.5 cm³/mol. The van der Waals surface area contributed by atoms with Crippen LogP contribution in [0, 0.1) is 13.8 Å². The van der Waals surface area contributed by atoms with Gasteiger partial charge < -0.3 is 0 Å². The molecule has 2 aromatic heterocycles. The van der Waals surface area contributed by atoms with Crippen LogP contribution in [0.25, 0.3) is 4.83 Å². The third-order valence-electron chi connectivity index (χ3n) is 1.60. The second-order valence-electron chi connectivity index (χ2n) is 2.32. The standard InChI is InChI=1S/C7H8N2S/c1-5-7-9(3-4-10-7)6(2)8-5/h3-4H,1-2H3. The Balaban J connectivity index is 2.98. The third kappa shape index (κ3) is 0.609. The van der Waals surface area contributed by atoms with Crippen LogP contribution >= 0.6 is 11.3 Å². The minimum Gasteiger partial charge on any atom is -0.294 e. The average Bonchev–Trinajstić information content (AvgIpc) is 2.39. The average molecular weight is 152 g/mol. The summed E-state index contributed by atoms with van der Waals surface area (Å²) in [6.45, 7) is 4.06. The van der Waals surface area contributed by atoms with Crippen molar-refractivity contribution in [1.29, 1.82) is 0 Å². The zero-order valence-electron chi connectivity index (χ0n) is 5.96. The first-order valence-corrected chi connectivity index (χ1v) is 4.06. The molecule has 0 atom stereocenters.